The number of benzene rings is 2. The van der Waals surface area contributed by atoms with Gasteiger partial charge in [0.05, 0.1) is 31.5 Å². The molecule has 2 aromatic carbocycles. The van der Waals surface area contributed by atoms with Gasteiger partial charge in [-0.25, -0.2) is 14.6 Å². The standard InChI is InChI=1S/C35H39N3O6/c1-6-42-32(39)23-31(25-9-7-11-28(21-25)41-5)37-19-16-26-22-29(14-15-30(26)37)43-20-17-27-13-12-24-10-8-18-38(33(24)36-27)34(40)44-35(2,3)4/h7,9,11-16,19,21-23H,6,8,10,17-18,20H2,1-5H3/b31-23+. The molecule has 1 aliphatic rings. The summed E-state index contributed by atoms with van der Waals surface area (Å²) in [7, 11) is 1.61. The van der Waals surface area contributed by atoms with E-state index in [1.165, 1.54) is 6.08 Å². The summed E-state index contributed by atoms with van der Waals surface area (Å²) in [6.07, 6.45) is 5.39. The maximum absolute atomic E-state index is 12.8. The van der Waals surface area contributed by atoms with Crippen molar-refractivity contribution in [2.24, 2.45) is 0 Å². The molecule has 3 heterocycles. The van der Waals surface area contributed by atoms with Crippen LogP contribution in [0.4, 0.5) is 10.6 Å². The molecule has 0 fully saturated rings. The Morgan fingerprint density at radius 3 is 2.64 bits per heavy atom. The number of pyridine rings is 1. The zero-order valence-electron chi connectivity index (χ0n) is 26.0. The molecule has 9 heteroatoms. The van der Waals surface area contributed by atoms with Gasteiger partial charge in [-0.15, -0.1) is 0 Å². The number of aromatic nitrogens is 2. The highest BCUT2D eigenvalue weighted by atomic mass is 16.6. The number of hydrogen-bond acceptors (Lipinski definition) is 7. The van der Waals surface area contributed by atoms with Crippen molar-refractivity contribution >= 4 is 34.5 Å². The first-order valence-electron chi connectivity index (χ1n) is 14.9. The molecule has 4 aromatic rings. The third-order valence-corrected chi connectivity index (χ3v) is 7.17. The smallest absolute Gasteiger partial charge is 0.416 e. The summed E-state index contributed by atoms with van der Waals surface area (Å²) in [6, 6.07) is 19.5. The molecular weight excluding hydrogens is 558 g/mol. The number of rotatable bonds is 9. The lowest BCUT2D eigenvalue weighted by molar-refractivity contribution is -0.137. The molecule has 5 rings (SSSR count). The van der Waals surface area contributed by atoms with Crippen molar-refractivity contribution in [1.29, 1.82) is 0 Å². The average molecular weight is 598 g/mol. The number of carbonyl (C=O) groups excluding carboxylic acids is 2. The van der Waals surface area contributed by atoms with Gasteiger partial charge in [-0.2, -0.15) is 0 Å². The van der Waals surface area contributed by atoms with Crippen LogP contribution in [-0.2, 0) is 27.1 Å². The van der Waals surface area contributed by atoms with E-state index in [9.17, 15) is 9.59 Å². The predicted molar refractivity (Wildman–Crippen MR) is 170 cm³/mol. The van der Waals surface area contributed by atoms with Gasteiger partial charge in [-0.05, 0) is 88.6 Å². The summed E-state index contributed by atoms with van der Waals surface area (Å²) < 4.78 is 24.3. The van der Waals surface area contributed by atoms with Crippen LogP contribution in [0.1, 0.15) is 50.9 Å². The van der Waals surface area contributed by atoms with Crippen LogP contribution in [0.3, 0.4) is 0 Å². The number of amides is 1. The summed E-state index contributed by atoms with van der Waals surface area (Å²) in [5.41, 5.74) is 3.72. The molecule has 0 N–H and O–H groups in total. The third-order valence-electron chi connectivity index (χ3n) is 7.17. The lowest BCUT2D eigenvalue weighted by Crippen LogP contribution is -2.40. The number of aryl methyl sites for hydroxylation is 1. The highest BCUT2D eigenvalue weighted by Crippen LogP contribution is 2.30. The fourth-order valence-corrected chi connectivity index (χ4v) is 5.18. The highest BCUT2D eigenvalue weighted by Gasteiger charge is 2.28. The van der Waals surface area contributed by atoms with E-state index in [0.29, 0.717) is 36.8 Å². The van der Waals surface area contributed by atoms with Crippen molar-refractivity contribution in [2.45, 2.75) is 52.6 Å². The van der Waals surface area contributed by atoms with Crippen molar-refractivity contribution in [2.75, 3.05) is 31.8 Å². The van der Waals surface area contributed by atoms with E-state index >= 15 is 0 Å². The van der Waals surface area contributed by atoms with E-state index in [1.54, 1.807) is 18.9 Å². The number of anilines is 1. The molecule has 0 saturated carbocycles. The number of methoxy groups -OCH3 is 1. The summed E-state index contributed by atoms with van der Waals surface area (Å²) in [5.74, 6) is 1.67. The van der Waals surface area contributed by atoms with Crippen LogP contribution < -0.4 is 14.4 Å². The van der Waals surface area contributed by atoms with Crippen molar-refractivity contribution in [3.63, 3.8) is 0 Å². The molecule has 9 nitrogen and oxygen atoms in total. The molecule has 1 amide bonds. The van der Waals surface area contributed by atoms with Crippen molar-refractivity contribution in [3.05, 3.63) is 89.8 Å². The van der Waals surface area contributed by atoms with Gasteiger partial charge >= 0.3 is 12.1 Å². The fourth-order valence-electron chi connectivity index (χ4n) is 5.18. The highest BCUT2D eigenvalue weighted by molar-refractivity contribution is 5.95. The van der Waals surface area contributed by atoms with Gasteiger partial charge in [0.2, 0.25) is 0 Å². The Morgan fingerprint density at radius 1 is 1.02 bits per heavy atom. The molecule has 0 spiro atoms. The third kappa shape index (κ3) is 7.22. The van der Waals surface area contributed by atoms with Gasteiger partial charge in [0.1, 0.15) is 22.9 Å². The largest absolute Gasteiger partial charge is 0.497 e. The summed E-state index contributed by atoms with van der Waals surface area (Å²) in [5, 5.41) is 0.958. The van der Waals surface area contributed by atoms with E-state index in [2.05, 4.69) is 0 Å². The fraction of sp³-hybridized carbons (Fsp3) is 0.343. The van der Waals surface area contributed by atoms with Gasteiger partial charge in [-0.3, -0.25) is 4.90 Å². The minimum Gasteiger partial charge on any atom is -0.497 e. The average Bonchev–Trinajstić information content (AvgIpc) is 3.42. The topological polar surface area (TPSA) is 92.1 Å². The first-order chi connectivity index (χ1) is 21.1. The Kier molecular flexibility index (Phi) is 9.23. The summed E-state index contributed by atoms with van der Waals surface area (Å²) >= 11 is 0. The molecule has 1 aliphatic heterocycles. The van der Waals surface area contributed by atoms with Gasteiger partial charge in [0, 0.05) is 41.9 Å². The molecule has 230 valence electrons. The molecule has 0 radical (unpaired) electrons. The van der Waals surface area contributed by atoms with E-state index in [0.717, 1.165) is 46.3 Å². The van der Waals surface area contributed by atoms with Gasteiger partial charge in [0.15, 0.2) is 0 Å². The maximum Gasteiger partial charge on any atom is 0.416 e. The molecule has 0 aliphatic carbocycles. The molecule has 0 saturated heterocycles. The van der Waals surface area contributed by atoms with Gasteiger partial charge in [-0.1, -0.05) is 18.2 Å². The van der Waals surface area contributed by atoms with E-state index < -0.39 is 11.6 Å². The van der Waals surface area contributed by atoms with Crippen LogP contribution in [0, 0.1) is 0 Å². The second kappa shape index (κ2) is 13.2. The zero-order valence-corrected chi connectivity index (χ0v) is 26.0. The lowest BCUT2D eigenvalue weighted by atomic mass is 10.1. The van der Waals surface area contributed by atoms with Gasteiger partial charge < -0.3 is 23.5 Å². The van der Waals surface area contributed by atoms with E-state index in [-0.39, 0.29) is 12.7 Å². The van der Waals surface area contributed by atoms with Crippen LogP contribution >= 0.6 is 0 Å². The number of hydrogen-bond donors (Lipinski definition) is 0. The molecule has 0 unspecified atom stereocenters. The molecule has 0 atom stereocenters. The van der Waals surface area contributed by atoms with E-state index in [4.69, 9.17) is 23.9 Å². The summed E-state index contributed by atoms with van der Waals surface area (Å²) in [6.45, 7) is 8.67. The number of carbonyl (C=O) groups is 2. The molecule has 44 heavy (non-hydrogen) atoms. The number of fused-ring (bicyclic) bond motifs is 2. The minimum absolute atomic E-state index is 0.289. The second-order valence-corrected chi connectivity index (χ2v) is 11.5. The zero-order chi connectivity index (χ0) is 31.3. The van der Waals surface area contributed by atoms with Crippen molar-refractivity contribution in [1.82, 2.24) is 9.55 Å². The molecule has 2 aromatic heterocycles. The van der Waals surface area contributed by atoms with Crippen LogP contribution in [0.5, 0.6) is 11.5 Å². The predicted octanol–water partition coefficient (Wildman–Crippen LogP) is 6.81. The number of esters is 1. The van der Waals surface area contributed by atoms with Crippen molar-refractivity contribution < 1.29 is 28.5 Å². The number of nitrogens with zero attached hydrogens (tertiary/aromatic N) is 3. The maximum atomic E-state index is 12.8. The summed E-state index contributed by atoms with van der Waals surface area (Å²) in [4.78, 5) is 31.8. The van der Waals surface area contributed by atoms with E-state index in [1.807, 2.05) is 92.2 Å². The van der Waals surface area contributed by atoms with Crippen molar-refractivity contribution in [3.8, 4) is 11.5 Å². The Morgan fingerprint density at radius 2 is 1.86 bits per heavy atom. The van der Waals surface area contributed by atoms with Crippen LogP contribution in [-0.4, -0.2) is 54.1 Å². The molecule has 0 bridgehead atoms. The normalized spacial score (nSPS) is 13.4. The lowest BCUT2D eigenvalue weighted by Gasteiger charge is -2.31. The minimum atomic E-state index is -0.573. The SMILES string of the molecule is CCOC(=O)/C=C(\c1cccc(OC)c1)n1ccc2cc(OCCc3ccc4c(n3)N(C(=O)OC(C)(C)C)CCC4)ccc21. The first-order valence-corrected chi connectivity index (χ1v) is 14.9. The van der Waals surface area contributed by atoms with Crippen LogP contribution in [0.2, 0.25) is 0 Å². The quantitative estimate of drug-likeness (QED) is 0.155. The number of ether oxygens (including phenoxy) is 4. The first kappa shape index (κ1) is 30.7. The van der Waals surface area contributed by atoms with Crippen LogP contribution in [0.15, 0.2) is 72.9 Å². The Hall–Kier alpha value is -4.79. The Balaban J connectivity index is 1.31. The van der Waals surface area contributed by atoms with Crippen LogP contribution in [0.25, 0.3) is 16.6 Å². The second-order valence-electron chi connectivity index (χ2n) is 11.5. The monoisotopic (exact) mass is 597 g/mol. The van der Waals surface area contributed by atoms with Gasteiger partial charge in [0.25, 0.3) is 0 Å². The Labute approximate surface area is 258 Å². The molecular formula is C35H39N3O6. The Bertz CT molecular complexity index is 1680.